The number of Topliss-reactive ketones (excluding diaryl/α,β-unsaturated/α-hetero) is 1. The van der Waals surface area contributed by atoms with E-state index in [2.05, 4.69) is 15.9 Å². The second-order valence-electron chi connectivity index (χ2n) is 3.20. The largest absolute Gasteiger partial charge is 0.489 e. The van der Waals surface area contributed by atoms with Crippen LogP contribution in [0.15, 0.2) is 22.7 Å². The Morgan fingerprint density at radius 2 is 2.31 bits per heavy atom. The Balaban J connectivity index is 2.49. The first-order valence-electron chi connectivity index (χ1n) is 4.16. The van der Waals surface area contributed by atoms with Gasteiger partial charge in [-0.05, 0) is 25.1 Å². The van der Waals surface area contributed by atoms with Crippen molar-refractivity contribution in [2.75, 3.05) is 0 Å². The van der Waals surface area contributed by atoms with Crippen LogP contribution >= 0.6 is 15.9 Å². The Hall–Kier alpha value is -0.830. The van der Waals surface area contributed by atoms with Crippen molar-refractivity contribution >= 4 is 21.7 Å². The van der Waals surface area contributed by atoms with Crippen molar-refractivity contribution in [2.24, 2.45) is 0 Å². The van der Waals surface area contributed by atoms with E-state index >= 15 is 0 Å². The van der Waals surface area contributed by atoms with Gasteiger partial charge in [0.15, 0.2) is 5.78 Å². The molecule has 0 saturated heterocycles. The molecule has 1 aliphatic heterocycles. The van der Waals surface area contributed by atoms with E-state index in [0.717, 1.165) is 4.47 Å². The van der Waals surface area contributed by atoms with Crippen molar-refractivity contribution in [1.82, 2.24) is 0 Å². The lowest BCUT2D eigenvalue weighted by molar-refractivity contribution is 0.0871. The molecule has 1 atom stereocenters. The lowest BCUT2D eigenvalue weighted by Gasteiger charge is -2.22. The van der Waals surface area contributed by atoms with Crippen molar-refractivity contribution < 1.29 is 9.53 Å². The fourth-order valence-electron chi connectivity index (χ4n) is 1.45. The summed E-state index contributed by atoms with van der Waals surface area (Å²) >= 11 is 3.33. The standard InChI is InChI=1S/C10H9BrO2/c1-6-4-9(12)8-5-7(11)2-3-10(8)13-6/h2-3,5-6H,4H2,1H3/t6-/m0/s1. The molecule has 1 aromatic carbocycles. The van der Waals surface area contributed by atoms with E-state index in [4.69, 9.17) is 4.74 Å². The first-order chi connectivity index (χ1) is 6.16. The molecule has 2 nitrogen and oxygen atoms in total. The Labute approximate surface area is 85.0 Å². The average molecular weight is 241 g/mol. The molecule has 1 aromatic rings. The van der Waals surface area contributed by atoms with Crippen LogP contribution in [0.25, 0.3) is 0 Å². The van der Waals surface area contributed by atoms with Crippen molar-refractivity contribution in [2.45, 2.75) is 19.4 Å². The van der Waals surface area contributed by atoms with Gasteiger partial charge >= 0.3 is 0 Å². The second kappa shape index (κ2) is 3.14. The van der Waals surface area contributed by atoms with Gasteiger partial charge in [0.2, 0.25) is 0 Å². The van der Waals surface area contributed by atoms with Crippen molar-refractivity contribution in [3.63, 3.8) is 0 Å². The van der Waals surface area contributed by atoms with Crippen LogP contribution in [0.4, 0.5) is 0 Å². The van der Waals surface area contributed by atoms with E-state index in [1.807, 2.05) is 25.1 Å². The molecule has 0 aliphatic carbocycles. The van der Waals surface area contributed by atoms with Crippen LogP contribution in [0, 0.1) is 0 Å². The predicted octanol–water partition coefficient (Wildman–Crippen LogP) is 2.80. The Kier molecular flexibility index (Phi) is 2.12. The summed E-state index contributed by atoms with van der Waals surface area (Å²) in [4.78, 5) is 11.5. The Bertz CT molecular complexity index is 360. The number of fused-ring (bicyclic) bond motifs is 1. The highest BCUT2D eigenvalue weighted by Crippen LogP contribution is 2.29. The summed E-state index contributed by atoms with van der Waals surface area (Å²) < 4.78 is 6.43. The molecule has 0 aromatic heterocycles. The number of halogens is 1. The second-order valence-corrected chi connectivity index (χ2v) is 4.11. The summed E-state index contributed by atoms with van der Waals surface area (Å²) in [5.74, 6) is 0.863. The summed E-state index contributed by atoms with van der Waals surface area (Å²) in [5, 5.41) is 0. The van der Waals surface area contributed by atoms with Crippen LogP contribution < -0.4 is 4.74 Å². The van der Waals surface area contributed by atoms with E-state index in [1.165, 1.54) is 0 Å². The van der Waals surface area contributed by atoms with Crippen LogP contribution in [-0.4, -0.2) is 11.9 Å². The highest BCUT2D eigenvalue weighted by atomic mass is 79.9. The molecule has 0 saturated carbocycles. The molecular formula is C10H9BrO2. The SMILES string of the molecule is C[C@H]1CC(=O)c2cc(Br)ccc2O1. The van der Waals surface area contributed by atoms with Crippen molar-refractivity contribution in [1.29, 1.82) is 0 Å². The molecule has 2 rings (SSSR count). The summed E-state index contributed by atoms with van der Waals surface area (Å²) in [7, 11) is 0. The van der Waals surface area contributed by atoms with Gasteiger partial charge in [-0.15, -0.1) is 0 Å². The van der Waals surface area contributed by atoms with E-state index < -0.39 is 0 Å². The summed E-state index contributed by atoms with van der Waals surface area (Å²) in [5.41, 5.74) is 0.687. The molecule has 1 heterocycles. The number of ether oxygens (including phenoxy) is 1. The van der Waals surface area contributed by atoms with E-state index in [-0.39, 0.29) is 11.9 Å². The monoisotopic (exact) mass is 240 g/mol. The fraction of sp³-hybridized carbons (Fsp3) is 0.300. The quantitative estimate of drug-likeness (QED) is 0.698. The lowest BCUT2D eigenvalue weighted by atomic mass is 10.0. The highest BCUT2D eigenvalue weighted by molar-refractivity contribution is 9.10. The first-order valence-corrected chi connectivity index (χ1v) is 4.95. The molecular weight excluding hydrogens is 232 g/mol. The third-order valence-corrected chi connectivity index (χ3v) is 2.54. The third kappa shape index (κ3) is 1.61. The Morgan fingerprint density at radius 1 is 1.54 bits per heavy atom. The molecule has 0 unspecified atom stereocenters. The van der Waals surface area contributed by atoms with Gasteiger partial charge in [-0.25, -0.2) is 0 Å². The average Bonchev–Trinajstić information content (AvgIpc) is 2.06. The molecule has 0 amide bonds. The van der Waals surface area contributed by atoms with E-state index in [9.17, 15) is 4.79 Å². The van der Waals surface area contributed by atoms with Crippen molar-refractivity contribution in [3.05, 3.63) is 28.2 Å². The summed E-state index contributed by atoms with van der Waals surface area (Å²) in [6.45, 7) is 1.91. The number of benzene rings is 1. The Morgan fingerprint density at radius 3 is 3.08 bits per heavy atom. The number of hydrogen-bond acceptors (Lipinski definition) is 2. The van der Waals surface area contributed by atoms with Crippen LogP contribution in [0.1, 0.15) is 23.7 Å². The molecule has 68 valence electrons. The molecule has 3 heteroatoms. The molecule has 0 radical (unpaired) electrons. The first kappa shape index (κ1) is 8.75. The molecule has 0 spiro atoms. The zero-order chi connectivity index (χ0) is 9.42. The minimum absolute atomic E-state index is 0.00109. The van der Waals surface area contributed by atoms with Gasteiger partial charge in [0.05, 0.1) is 5.56 Å². The number of ketones is 1. The van der Waals surface area contributed by atoms with E-state index in [1.54, 1.807) is 0 Å². The zero-order valence-corrected chi connectivity index (χ0v) is 8.80. The topological polar surface area (TPSA) is 26.3 Å². The highest BCUT2D eigenvalue weighted by Gasteiger charge is 2.23. The van der Waals surface area contributed by atoms with Crippen LogP contribution in [-0.2, 0) is 0 Å². The van der Waals surface area contributed by atoms with Crippen LogP contribution in [0.3, 0.4) is 0 Å². The predicted molar refractivity (Wildman–Crippen MR) is 53.2 cm³/mol. The van der Waals surface area contributed by atoms with E-state index in [0.29, 0.717) is 17.7 Å². The van der Waals surface area contributed by atoms with Gasteiger partial charge < -0.3 is 4.74 Å². The van der Waals surface area contributed by atoms with Gasteiger partial charge in [0.1, 0.15) is 11.9 Å². The molecule has 0 bridgehead atoms. The maximum atomic E-state index is 11.5. The van der Waals surface area contributed by atoms with Gasteiger partial charge in [-0.1, -0.05) is 15.9 Å². The van der Waals surface area contributed by atoms with Gasteiger partial charge in [0, 0.05) is 10.9 Å². The molecule has 0 fully saturated rings. The smallest absolute Gasteiger partial charge is 0.170 e. The minimum Gasteiger partial charge on any atom is -0.489 e. The van der Waals surface area contributed by atoms with Crippen LogP contribution in [0.2, 0.25) is 0 Å². The fourth-order valence-corrected chi connectivity index (χ4v) is 1.81. The van der Waals surface area contributed by atoms with Gasteiger partial charge in [-0.3, -0.25) is 4.79 Å². The maximum absolute atomic E-state index is 11.5. The zero-order valence-electron chi connectivity index (χ0n) is 7.21. The number of carbonyl (C=O) groups excluding carboxylic acids is 1. The third-order valence-electron chi connectivity index (χ3n) is 2.04. The number of hydrogen-bond donors (Lipinski definition) is 0. The number of carbonyl (C=O) groups is 1. The molecule has 13 heavy (non-hydrogen) atoms. The van der Waals surface area contributed by atoms with Crippen LogP contribution in [0.5, 0.6) is 5.75 Å². The minimum atomic E-state index is 0.00109. The molecule has 1 aliphatic rings. The van der Waals surface area contributed by atoms with Crippen molar-refractivity contribution in [3.8, 4) is 5.75 Å². The summed E-state index contributed by atoms with van der Waals surface area (Å²) in [6, 6.07) is 5.51. The van der Waals surface area contributed by atoms with Gasteiger partial charge in [-0.2, -0.15) is 0 Å². The summed E-state index contributed by atoms with van der Waals surface area (Å²) in [6.07, 6.45) is 0.477. The number of rotatable bonds is 0. The normalized spacial score (nSPS) is 20.8. The lowest BCUT2D eigenvalue weighted by Crippen LogP contribution is -2.23. The van der Waals surface area contributed by atoms with Gasteiger partial charge in [0.25, 0.3) is 0 Å². The maximum Gasteiger partial charge on any atom is 0.170 e. The molecule has 0 N–H and O–H groups in total.